The third-order valence-corrected chi connectivity index (χ3v) is 3.13. The Morgan fingerprint density at radius 1 is 1.48 bits per heavy atom. The van der Waals surface area contributed by atoms with Gasteiger partial charge in [0.1, 0.15) is 0 Å². The van der Waals surface area contributed by atoms with Crippen LogP contribution in [-0.2, 0) is 9.53 Å². The van der Waals surface area contributed by atoms with Crippen molar-refractivity contribution >= 4 is 17.6 Å². The van der Waals surface area contributed by atoms with Crippen LogP contribution in [0.5, 0.6) is 0 Å². The fourth-order valence-corrected chi connectivity index (χ4v) is 2.16. The van der Waals surface area contributed by atoms with Gasteiger partial charge in [-0.3, -0.25) is 19.7 Å². The summed E-state index contributed by atoms with van der Waals surface area (Å²) in [5.74, 6) is -1.36. The molecule has 1 unspecified atom stereocenters. The van der Waals surface area contributed by atoms with Crippen LogP contribution in [0.4, 0.5) is 5.69 Å². The fourth-order valence-electron chi connectivity index (χ4n) is 2.16. The molecule has 1 fully saturated rings. The topological polar surface area (TPSA) is 110 Å². The van der Waals surface area contributed by atoms with Crippen molar-refractivity contribution in [3.8, 4) is 0 Å². The number of carboxylic acids is 1. The Bertz CT molecular complexity index is 574. The van der Waals surface area contributed by atoms with E-state index in [4.69, 9.17) is 9.84 Å². The molecule has 0 radical (unpaired) electrons. The van der Waals surface area contributed by atoms with Crippen LogP contribution in [0.25, 0.3) is 0 Å². The summed E-state index contributed by atoms with van der Waals surface area (Å²) in [6.45, 7) is 0.740. The molecule has 0 bridgehead atoms. The number of nitro benzene ring substituents is 1. The molecule has 2 rings (SSSR count). The summed E-state index contributed by atoms with van der Waals surface area (Å²) in [5.41, 5.74) is 0.0522. The van der Waals surface area contributed by atoms with E-state index in [1.807, 2.05) is 0 Å². The summed E-state index contributed by atoms with van der Waals surface area (Å²) in [6.07, 6.45) is -0.738. The summed E-state index contributed by atoms with van der Waals surface area (Å²) < 4.78 is 5.28. The van der Waals surface area contributed by atoms with Crippen molar-refractivity contribution in [2.75, 3.05) is 19.7 Å². The van der Waals surface area contributed by atoms with E-state index in [-0.39, 0.29) is 36.7 Å². The first-order valence-corrected chi connectivity index (χ1v) is 6.34. The number of hydrogen-bond donors (Lipinski definition) is 1. The predicted molar refractivity (Wildman–Crippen MR) is 71.0 cm³/mol. The number of ether oxygens (including phenoxy) is 1. The average molecular weight is 294 g/mol. The zero-order valence-corrected chi connectivity index (χ0v) is 11.1. The molecule has 21 heavy (non-hydrogen) atoms. The standard InChI is InChI=1S/C13H14N2O6/c16-12(17)7-11-8-14(4-5-21-11)13(18)9-2-1-3-10(6-9)15(19)20/h1-3,6,11H,4-5,7-8H2,(H,16,17). The Labute approximate surface area is 120 Å². The lowest BCUT2D eigenvalue weighted by Crippen LogP contribution is -2.46. The molecule has 0 aliphatic carbocycles. The van der Waals surface area contributed by atoms with Gasteiger partial charge in [-0.2, -0.15) is 0 Å². The van der Waals surface area contributed by atoms with Crippen LogP contribution < -0.4 is 0 Å². The molecule has 0 aromatic heterocycles. The molecule has 1 aromatic rings. The van der Waals surface area contributed by atoms with Crippen molar-refractivity contribution in [2.24, 2.45) is 0 Å². The van der Waals surface area contributed by atoms with Crippen molar-refractivity contribution < 1.29 is 24.4 Å². The molecule has 1 heterocycles. The van der Waals surface area contributed by atoms with E-state index >= 15 is 0 Å². The van der Waals surface area contributed by atoms with Gasteiger partial charge in [-0.15, -0.1) is 0 Å². The fraction of sp³-hybridized carbons (Fsp3) is 0.385. The number of benzene rings is 1. The Balaban J connectivity index is 2.10. The lowest BCUT2D eigenvalue weighted by Gasteiger charge is -2.32. The van der Waals surface area contributed by atoms with Gasteiger partial charge >= 0.3 is 5.97 Å². The number of non-ortho nitro benzene ring substituents is 1. The van der Waals surface area contributed by atoms with Crippen LogP contribution in [0, 0.1) is 10.1 Å². The Morgan fingerprint density at radius 2 is 2.24 bits per heavy atom. The molecule has 1 aromatic carbocycles. The number of nitro groups is 1. The quantitative estimate of drug-likeness (QED) is 0.653. The number of carbonyl (C=O) groups is 2. The molecule has 8 nitrogen and oxygen atoms in total. The van der Waals surface area contributed by atoms with Crippen LogP contribution in [-0.4, -0.2) is 52.6 Å². The molecule has 1 atom stereocenters. The van der Waals surface area contributed by atoms with Crippen LogP contribution in [0.1, 0.15) is 16.8 Å². The van der Waals surface area contributed by atoms with Crippen molar-refractivity contribution in [3.05, 3.63) is 39.9 Å². The molecule has 1 N–H and O–H groups in total. The smallest absolute Gasteiger partial charge is 0.306 e. The van der Waals surface area contributed by atoms with Gasteiger partial charge in [0.05, 0.1) is 24.1 Å². The maximum Gasteiger partial charge on any atom is 0.306 e. The van der Waals surface area contributed by atoms with E-state index in [0.29, 0.717) is 6.54 Å². The van der Waals surface area contributed by atoms with Crippen LogP contribution >= 0.6 is 0 Å². The number of nitrogens with zero attached hydrogens (tertiary/aromatic N) is 2. The van der Waals surface area contributed by atoms with Crippen molar-refractivity contribution in [3.63, 3.8) is 0 Å². The number of amides is 1. The summed E-state index contributed by atoms with van der Waals surface area (Å²) in [7, 11) is 0. The molecule has 1 amide bonds. The van der Waals surface area contributed by atoms with E-state index in [1.165, 1.54) is 29.2 Å². The number of carboxylic acid groups (broad SMARTS) is 1. The third-order valence-electron chi connectivity index (χ3n) is 3.13. The van der Waals surface area contributed by atoms with Gasteiger partial charge in [-0.05, 0) is 6.07 Å². The first kappa shape index (κ1) is 14.9. The molecular formula is C13H14N2O6. The van der Waals surface area contributed by atoms with Gasteiger partial charge in [0.25, 0.3) is 11.6 Å². The molecule has 1 saturated heterocycles. The van der Waals surface area contributed by atoms with E-state index < -0.39 is 17.0 Å². The van der Waals surface area contributed by atoms with E-state index in [1.54, 1.807) is 0 Å². The van der Waals surface area contributed by atoms with Gasteiger partial charge in [0.15, 0.2) is 0 Å². The van der Waals surface area contributed by atoms with Gasteiger partial charge < -0.3 is 14.7 Å². The third kappa shape index (κ3) is 3.76. The van der Waals surface area contributed by atoms with Gasteiger partial charge in [-0.1, -0.05) is 6.07 Å². The lowest BCUT2D eigenvalue weighted by atomic mass is 10.1. The van der Waals surface area contributed by atoms with Gasteiger partial charge in [0.2, 0.25) is 0 Å². The van der Waals surface area contributed by atoms with Crippen LogP contribution in [0.2, 0.25) is 0 Å². The maximum absolute atomic E-state index is 12.3. The van der Waals surface area contributed by atoms with E-state index in [9.17, 15) is 19.7 Å². The Kier molecular flexibility index (Phi) is 4.49. The summed E-state index contributed by atoms with van der Waals surface area (Å²) in [4.78, 5) is 34.6. The minimum atomic E-state index is -0.996. The second-order valence-corrected chi connectivity index (χ2v) is 4.65. The summed E-state index contributed by atoms with van der Waals surface area (Å²) in [5, 5.41) is 19.5. The van der Waals surface area contributed by atoms with E-state index in [0.717, 1.165) is 0 Å². The monoisotopic (exact) mass is 294 g/mol. The van der Waals surface area contributed by atoms with E-state index in [2.05, 4.69) is 0 Å². The molecule has 0 spiro atoms. The SMILES string of the molecule is O=C(O)CC1CN(C(=O)c2cccc([N+](=O)[O-])c2)CCO1. The number of rotatable bonds is 4. The normalized spacial score (nSPS) is 18.3. The minimum Gasteiger partial charge on any atom is -0.481 e. The average Bonchev–Trinajstić information content (AvgIpc) is 2.46. The zero-order valence-electron chi connectivity index (χ0n) is 11.1. The summed E-state index contributed by atoms with van der Waals surface area (Å²) in [6, 6.07) is 5.46. The maximum atomic E-state index is 12.3. The van der Waals surface area contributed by atoms with Gasteiger partial charge in [0, 0.05) is 30.8 Å². The number of aliphatic carboxylic acids is 1. The van der Waals surface area contributed by atoms with Crippen LogP contribution in [0.3, 0.4) is 0 Å². The second-order valence-electron chi connectivity index (χ2n) is 4.65. The highest BCUT2D eigenvalue weighted by Gasteiger charge is 2.27. The summed E-state index contributed by atoms with van der Waals surface area (Å²) >= 11 is 0. The largest absolute Gasteiger partial charge is 0.481 e. The molecule has 1 aliphatic heterocycles. The Morgan fingerprint density at radius 3 is 2.90 bits per heavy atom. The van der Waals surface area contributed by atoms with Crippen molar-refractivity contribution in [2.45, 2.75) is 12.5 Å². The highest BCUT2D eigenvalue weighted by Crippen LogP contribution is 2.17. The first-order chi connectivity index (χ1) is 9.97. The van der Waals surface area contributed by atoms with Gasteiger partial charge in [-0.25, -0.2) is 0 Å². The molecule has 8 heteroatoms. The zero-order chi connectivity index (χ0) is 15.4. The number of hydrogen-bond acceptors (Lipinski definition) is 5. The molecular weight excluding hydrogens is 280 g/mol. The number of carbonyl (C=O) groups excluding carboxylic acids is 1. The minimum absolute atomic E-state index is 0.156. The first-order valence-electron chi connectivity index (χ1n) is 6.34. The molecule has 112 valence electrons. The van der Waals surface area contributed by atoms with Crippen molar-refractivity contribution in [1.29, 1.82) is 0 Å². The lowest BCUT2D eigenvalue weighted by molar-refractivity contribution is -0.384. The predicted octanol–water partition coefficient (Wildman–Crippen LogP) is 0.910. The highest BCUT2D eigenvalue weighted by molar-refractivity contribution is 5.95. The van der Waals surface area contributed by atoms with Crippen molar-refractivity contribution in [1.82, 2.24) is 4.90 Å². The molecule has 1 aliphatic rings. The van der Waals surface area contributed by atoms with Crippen LogP contribution in [0.15, 0.2) is 24.3 Å². The number of morpholine rings is 1. The Hall–Kier alpha value is -2.48. The second kappa shape index (κ2) is 6.31. The highest BCUT2D eigenvalue weighted by atomic mass is 16.6. The molecule has 0 saturated carbocycles.